The van der Waals surface area contributed by atoms with Gasteiger partial charge in [0.2, 0.25) is 5.96 Å². The summed E-state index contributed by atoms with van der Waals surface area (Å²) in [5.74, 6) is 1.69. The molecule has 24 heavy (non-hydrogen) atoms. The van der Waals surface area contributed by atoms with Crippen LogP contribution in [0.15, 0.2) is 40.2 Å². The predicted octanol–water partition coefficient (Wildman–Crippen LogP) is 1.97. The number of nitrogens with one attached hydrogen (secondary N) is 2. The fraction of sp³-hybridized carbons (Fsp3) is 0.588. The van der Waals surface area contributed by atoms with Crippen molar-refractivity contribution < 1.29 is 8.42 Å². The molecule has 1 aromatic carbocycles. The third-order valence-corrected chi connectivity index (χ3v) is 6.63. The van der Waals surface area contributed by atoms with Crippen LogP contribution in [0.1, 0.15) is 33.1 Å². The normalized spacial score (nSPS) is 28.8. The van der Waals surface area contributed by atoms with Gasteiger partial charge in [-0.3, -0.25) is 4.90 Å². The lowest BCUT2D eigenvalue weighted by atomic mass is 9.77. The monoisotopic (exact) mass is 350 g/mol. The smallest absolute Gasteiger partial charge is 0.264 e. The lowest BCUT2D eigenvalue weighted by Gasteiger charge is -2.42. The highest BCUT2D eigenvalue weighted by Gasteiger charge is 2.32. The van der Waals surface area contributed by atoms with Crippen molar-refractivity contribution in [1.82, 2.24) is 14.9 Å². The molecule has 2 aliphatic rings. The molecule has 1 aliphatic heterocycles. The molecule has 0 bridgehead atoms. The first-order valence-electron chi connectivity index (χ1n) is 8.57. The topological polar surface area (TPSA) is 73.8 Å². The van der Waals surface area contributed by atoms with E-state index in [-0.39, 0.29) is 4.90 Å². The standard InChI is InChI=1S/C17H26N4O2S/c1-13-7-6-10-16(14(13)2)21-11-18-17(19-12-21)20-24(22,23)15-8-4-3-5-9-15/h3-5,8-9,13-14,16H,6-7,10-12H2,1-2H3,(H2,18,19,20)/t13-,14+,16-/m0/s1. The zero-order valence-electron chi connectivity index (χ0n) is 14.3. The highest BCUT2D eigenvalue weighted by Crippen LogP contribution is 2.32. The molecule has 132 valence electrons. The molecule has 6 nitrogen and oxygen atoms in total. The van der Waals surface area contributed by atoms with Crippen LogP contribution in [0.4, 0.5) is 0 Å². The minimum atomic E-state index is -3.58. The Morgan fingerprint density at radius 2 is 1.96 bits per heavy atom. The number of sulfonamides is 1. The Morgan fingerprint density at radius 1 is 1.21 bits per heavy atom. The molecule has 3 atom stereocenters. The number of benzene rings is 1. The first-order chi connectivity index (χ1) is 11.5. The van der Waals surface area contributed by atoms with Gasteiger partial charge in [0.05, 0.1) is 18.2 Å². The van der Waals surface area contributed by atoms with Gasteiger partial charge in [-0.1, -0.05) is 44.9 Å². The fourth-order valence-corrected chi connectivity index (χ4v) is 4.61. The van der Waals surface area contributed by atoms with E-state index < -0.39 is 10.0 Å². The maximum Gasteiger partial charge on any atom is 0.264 e. The lowest BCUT2D eigenvalue weighted by molar-refractivity contribution is 0.0768. The van der Waals surface area contributed by atoms with Crippen LogP contribution in [0.2, 0.25) is 0 Å². The summed E-state index contributed by atoms with van der Waals surface area (Å²) in [4.78, 5) is 6.95. The van der Waals surface area contributed by atoms with Gasteiger partial charge in [0.25, 0.3) is 10.0 Å². The van der Waals surface area contributed by atoms with Gasteiger partial charge in [0, 0.05) is 6.04 Å². The molecular weight excluding hydrogens is 324 g/mol. The van der Waals surface area contributed by atoms with Crippen LogP contribution >= 0.6 is 0 Å². The van der Waals surface area contributed by atoms with E-state index in [2.05, 4.69) is 33.8 Å². The molecule has 0 amide bonds. The molecule has 1 saturated carbocycles. The molecule has 1 fully saturated rings. The summed E-state index contributed by atoms with van der Waals surface area (Å²) in [5, 5.41) is 3.11. The van der Waals surface area contributed by atoms with Crippen LogP contribution in [-0.4, -0.2) is 38.7 Å². The maximum atomic E-state index is 12.3. The van der Waals surface area contributed by atoms with Crippen LogP contribution < -0.4 is 10.0 Å². The van der Waals surface area contributed by atoms with Crippen LogP contribution in [0, 0.1) is 11.8 Å². The third kappa shape index (κ3) is 3.72. The largest absolute Gasteiger partial charge is 0.343 e. The Hall–Kier alpha value is -1.60. The molecule has 2 N–H and O–H groups in total. The summed E-state index contributed by atoms with van der Waals surface area (Å²) in [5.41, 5.74) is 0. The van der Waals surface area contributed by atoms with E-state index in [1.807, 2.05) is 0 Å². The number of guanidine groups is 1. The van der Waals surface area contributed by atoms with E-state index >= 15 is 0 Å². The summed E-state index contributed by atoms with van der Waals surface area (Å²) in [6.07, 6.45) is 3.74. The Balaban J connectivity index is 1.64. The van der Waals surface area contributed by atoms with Gasteiger partial charge in [0.1, 0.15) is 0 Å². The number of hydrogen-bond acceptors (Lipinski definition) is 5. The van der Waals surface area contributed by atoms with Crippen molar-refractivity contribution in [2.45, 2.75) is 44.0 Å². The molecule has 7 heteroatoms. The van der Waals surface area contributed by atoms with E-state index in [0.717, 1.165) is 5.92 Å². The molecular formula is C17H26N4O2S. The zero-order chi connectivity index (χ0) is 17.2. The van der Waals surface area contributed by atoms with Crippen molar-refractivity contribution in [2.24, 2.45) is 16.8 Å². The molecule has 3 rings (SSSR count). The second-order valence-electron chi connectivity index (χ2n) is 6.82. The molecule has 1 aliphatic carbocycles. The first-order valence-corrected chi connectivity index (χ1v) is 10.1. The average Bonchev–Trinajstić information content (AvgIpc) is 2.59. The number of hydrogen-bond donors (Lipinski definition) is 2. The highest BCUT2D eigenvalue weighted by atomic mass is 32.2. The van der Waals surface area contributed by atoms with Crippen molar-refractivity contribution >= 4 is 16.0 Å². The van der Waals surface area contributed by atoms with Crippen molar-refractivity contribution in [1.29, 1.82) is 0 Å². The van der Waals surface area contributed by atoms with E-state index in [0.29, 0.717) is 31.3 Å². The summed E-state index contributed by atoms with van der Waals surface area (Å²) in [6, 6.07) is 8.86. The van der Waals surface area contributed by atoms with Gasteiger partial charge in [-0.25, -0.2) is 18.1 Å². The second-order valence-corrected chi connectivity index (χ2v) is 8.51. The van der Waals surface area contributed by atoms with E-state index in [1.54, 1.807) is 30.3 Å². The predicted molar refractivity (Wildman–Crippen MR) is 94.9 cm³/mol. The van der Waals surface area contributed by atoms with E-state index in [4.69, 9.17) is 0 Å². The third-order valence-electron chi connectivity index (χ3n) is 5.28. The van der Waals surface area contributed by atoms with Gasteiger partial charge in [-0.2, -0.15) is 0 Å². The van der Waals surface area contributed by atoms with Gasteiger partial charge >= 0.3 is 0 Å². The second kappa shape index (κ2) is 7.11. The summed E-state index contributed by atoms with van der Waals surface area (Å²) < 4.78 is 27.2. The summed E-state index contributed by atoms with van der Waals surface area (Å²) in [6.45, 7) is 5.78. The Bertz CT molecular complexity index is 690. The van der Waals surface area contributed by atoms with Gasteiger partial charge in [0.15, 0.2) is 0 Å². The first kappa shape index (κ1) is 17.2. The van der Waals surface area contributed by atoms with Crippen molar-refractivity contribution in [3.05, 3.63) is 30.3 Å². The maximum absolute atomic E-state index is 12.3. The molecule has 0 radical (unpaired) electrons. The summed E-state index contributed by atoms with van der Waals surface area (Å²) >= 11 is 0. The summed E-state index contributed by atoms with van der Waals surface area (Å²) in [7, 11) is -3.58. The Kier molecular flexibility index (Phi) is 5.10. The molecule has 0 spiro atoms. The van der Waals surface area contributed by atoms with Crippen LogP contribution in [0.25, 0.3) is 0 Å². The van der Waals surface area contributed by atoms with Crippen molar-refractivity contribution in [3.63, 3.8) is 0 Å². The van der Waals surface area contributed by atoms with E-state index in [1.165, 1.54) is 19.3 Å². The van der Waals surface area contributed by atoms with Crippen LogP contribution in [-0.2, 0) is 10.0 Å². The fourth-order valence-electron chi connectivity index (χ4n) is 3.59. The molecule has 0 unspecified atom stereocenters. The van der Waals surface area contributed by atoms with Gasteiger partial charge in [-0.05, 0) is 30.4 Å². The zero-order valence-corrected chi connectivity index (χ0v) is 15.1. The van der Waals surface area contributed by atoms with E-state index in [9.17, 15) is 8.42 Å². The SMILES string of the molecule is C[C@@H]1[C@@H](C)CCC[C@@H]1N1CN=C(NS(=O)(=O)c2ccccc2)NC1. The highest BCUT2D eigenvalue weighted by molar-refractivity contribution is 7.90. The van der Waals surface area contributed by atoms with Crippen molar-refractivity contribution in [3.8, 4) is 0 Å². The lowest BCUT2D eigenvalue weighted by Crippen LogP contribution is -2.55. The van der Waals surface area contributed by atoms with Gasteiger partial charge in [-0.15, -0.1) is 0 Å². The Labute approximate surface area is 144 Å². The molecule has 1 heterocycles. The quantitative estimate of drug-likeness (QED) is 0.874. The molecule has 0 saturated heterocycles. The number of aliphatic imine (C=N–C) groups is 1. The number of nitrogens with zero attached hydrogens (tertiary/aromatic N) is 2. The molecule has 1 aromatic rings. The Morgan fingerprint density at radius 3 is 2.62 bits per heavy atom. The van der Waals surface area contributed by atoms with Gasteiger partial charge < -0.3 is 5.32 Å². The number of rotatable bonds is 3. The minimum absolute atomic E-state index is 0.242. The van der Waals surface area contributed by atoms with Crippen LogP contribution in [0.3, 0.4) is 0 Å². The minimum Gasteiger partial charge on any atom is -0.343 e. The average molecular weight is 350 g/mol. The molecule has 0 aromatic heterocycles. The van der Waals surface area contributed by atoms with Crippen molar-refractivity contribution in [2.75, 3.05) is 13.3 Å². The van der Waals surface area contributed by atoms with Crippen LogP contribution in [0.5, 0.6) is 0 Å².